The molecule has 0 radical (unpaired) electrons. The van der Waals surface area contributed by atoms with E-state index >= 15 is 0 Å². The second kappa shape index (κ2) is 7.46. The average Bonchev–Trinajstić information content (AvgIpc) is 2.89. The van der Waals surface area contributed by atoms with Crippen molar-refractivity contribution in [2.45, 2.75) is 18.9 Å². The zero-order valence-electron chi connectivity index (χ0n) is 14.9. The van der Waals surface area contributed by atoms with E-state index in [0.29, 0.717) is 0 Å². The third-order valence-electron chi connectivity index (χ3n) is 5.41. The molecule has 2 aliphatic rings. The Hall–Kier alpha value is -2.40. The highest BCUT2D eigenvalue weighted by atomic mass is 19.1. The van der Waals surface area contributed by atoms with Crippen molar-refractivity contribution in [3.63, 3.8) is 0 Å². The summed E-state index contributed by atoms with van der Waals surface area (Å²) < 4.78 is 13.2. The lowest BCUT2D eigenvalue weighted by atomic mass is 10.2. The minimum absolute atomic E-state index is 0.0247. The summed E-state index contributed by atoms with van der Waals surface area (Å²) >= 11 is 0. The SMILES string of the molecule is O=C1C(N2CCCN(c3ccc(F)cc3)CC2)CCN1c1ccccc1. The maximum Gasteiger partial charge on any atom is 0.244 e. The van der Waals surface area contributed by atoms with Gasteiger partial charge in [0, 0.05) is 44.1 Å². The Morgan fingerprint density at radius 3 is 2.35 bits per heavy atom. The van der Waals surface area contributed by atoms with Gasteiger partial charge in [0.05, 0.1) is 6.04 Å². The Bertz CT molecular complexity index is 750. The monoisotopic (exact) mass is 353 g/mol. The van der Waals surface area contributed by atoms with Crippen LogP contribution in [0.2, 0.25) is 0 Å². The molecule has 0 aliphatic carbocycles. The minimum atomic E-state index is -0.206. The third kappa shape index (κ3) is 3.44. The van der Waals surface area contributed by atoms with Crippen molar-refractivity contribution in [2.24, 2.45) is 0 Å². The van der Waals surface area contributed by atoms with Crippen LogP contribution < -0.4 is 9.80 Å². The normalized spacial score (nSPS) is 21.9. The first-order valence-electron chi connectivity index (χ1n) is 9.33. The van der Waals surface area contributed by atoms with Gasteiger partial charge >= 0.3 is 0 Å². The van der Waals surface area contributed by atoms with Crippen molar-refractivity contribution in [3.05, 3.63) is 60.4 Å². The Morgan fingerprint density at radius 1 is 0.808 bits per heavy atom. The van der Waals surface area contributed by atoms with Crippen molar-refractivity contribution in [1.29, 1.82) is 0 Å². The number of carbonyl (C=O) groups excluding carboxylic acids is 1. The van der Waals surface area contributed by atoms with E-state index in [4.69, 9.17) is 0 Å². The van der Waals surface area contributed by atoms with Gasteiger partial charge in [0.1, 0.15) is 5.82 Å². The first-order chi connectivity index (χ1) is 12.7. The summed E-state index contributed by atoms with van der Waals surface area (Å²) in [5, 5.41) is 0. The molecule has 2 saturated heterocycles. The predicted molar refractivity (Wildman–Crippen MR) is 102 cm³/mol. The smallest absolute Gasteiger partial charge is 0.244 e. The molecule has 0 saturated carbocycles. The van der Waals surface area contributed by atoms with Crippen molar-refractivity contribution in [3.8, 4) is 0 Å². The largest absolute Gasteiger partial charge is 0.370 e. The second-order valence-corrected chi connectivity index (χ2v) is 6.98. The number of carbonyl (C=O) groups is 1. The molecule has 4 rings (SSSR count). The van der Waals surface area contributed by atoms with Crippen molar-refractivity contribution in [2.75, 3.05) is 42.5 Å². The van der Waals surface area contributed by atoms with Crippen LogP contribution >= 0.6 is 0 Å². The molecule has 2 heterocycles. The Labute approximate surface area is 153 Å². The molecule has 1 atom stereocenters. The molecule has 1 amide bonds. The van der Waals surface area contributed by atoms with Crippen molar-refractivity contribution in [1.82, 2.24) is 4.90 Å². The summed E-state index contributed by atoms with van der Waals surface area (Å²) in [5.41, 5.74) is 2.04. The van der Waals surface area contributed by atoms with Gasteiger partial charge < -0.3 is 9.80 Å². The zero-order chi connectivity index (χ0) is 17.9. The summed E-state index contributed by atoms with van der Waals surface area (Å²) in [6.07, 6.45) is 1.89. The summed E-state index contributed by atoms with van der Waals surface area (Å²) in [5.74, 6) is 0.00851. The molecule has 26 heavy (non-hydrogen) atoms. The highest BCUT2D eigenvalue weighted by Crippen LogP contribution is 2.25. The van der Waals surface area contributed by atoms with Crippen LogP contribution in [0.1, 0.15) is 12.8 Å². The molecular formula is C21H24FN3O. The molecule has 0 bridgehead atoms. The number of benzene rings is 2. The Balaban J connectivity index is 1.41. The number of halogens is 1. The highest BCUT2D eigenvalue weighted by Gasteiger charge is 2.37. The predicted octanol–water partition coefficient (Wildman–Crippen LogP) is 3.14. The van der Waals surface area contributed by atoms with Gasteiger partial charge in [-0.05, 0) is 49.2 Å². The van der Waals surface area contributed by atoms with Crippen LogP contribution in [0.25, 0.3) is 0 Å². The van der Waals surface area contributed by atoms with Gasteiger partial charge in [-0.1, -0.05) is 18.2 Å². The first-order valence-corrected chi connectivity index (χ1v) is 9.33. The molecule has 2 aliphatic heterocycles. The maximum atomic E-state index is 13.2. The summed E-state index contributed by atoms with van der Waals surface area (Å²) in [7, 11) is 0. The van der Waals surface area contributed by atoms with Gasteiger partial charge in [0.25, 0.3) is 0 Å². The van der Waals surface area contributed by atoms with E-state index in [1.807, 2.05) is 47.4 Å². The molecule has 0 N–H and O–H groups in total. The zero-order valence-corrected chi connectivity index (χ0v) is 14.9. The maximum absolute atomic E-state index is 13.2. The van der Waals surface area contributed by atoms with Gasteiger partial charge in [-0.15, -0.1) is 0 Å². The standard InChI is InChI=1S/C21H24FN3O/c22-17-7-9-18(10-8-17)23-12-4-13-24(16-15-23)20-11-14-25(21(20)26)19-5-2-1-3-6-19/h1-3,5-10,20H,4,11-16H2. The fourth-order valence-electron chi connectivity index (χ4n) is 4.03. The van der Waals surface area contributed by atoms with E-state index in [0.717, 1.165) is 56.9 Å². The van der Waals surface area contributed by atoms with E-state index in [1.165, 1.54) is 12.1 Å². The molecular weight excluding hydrogens is 329 g/mol. The van der Waals surface area contributed by atoms with Crippen LogP contribution in [0, 0.1) is 5.82 Å². The Morgan fingerprint density at radius 2 is 1.58 bits per heavy atom. The van der Waals surface area contributed by atoms with Crippen LogP contribution in [0.3, 0.4) is 0 Å². The molecule has 5 heteroatoms. The van der Waals surface area contributed by atoms with Gasteiger partial charge in [-0.25, -0.2) is 4.39 Å². The lowest BCUT2D eigenvalue weighted by Gasteiger charge is -2.27. The van der Waals surface area contributed by atoms with E-state index in [-0.39, 0.29) is 17.8 Å². The summed E-state index contributed by atoms with van der Waals surface area (Å²) in [6, 6.07) is 16.6. The van der Waals surface area contributed by atoms with Crippen molar-refractivity contribution < 1.29 is 9.18 Å². The number of nitrogens with zero attached hydrogens (tertiary/aromatic N) is 3. The quantitative estimate of drug-likeness (QED) is 0.848. The average molecular weight is 353 g/mol. The highest BCUT2D eigenvalue weighted by molar-refractivity contribution is 5.99. The fourth-order valence-corrected chi connectivity index (χ4v) is 4.03. The number of para-hydroxylation sites is 1. The molecule has 2 aromatic carbocycles. The molecule has 2 aromatic rings. The van der Waals surface area contributed by atoms with Crippen LogP contribution in [-0.4, -0.2) is 49.6 Å². The van der Waals surface area contributed by atoms with Gasteiger partial charge in [-0.2, -0.15) is 0 Å². The first kappa shape index (κ1) is 17.0. The van der Waals surface area contributed by atoms with Gasteiger partial charge in [0.2, 0.25) is 5.91 Å². The van der Waals surface area contributed by atoms with Crippen LogP contribution in [0.15, 0.2) is 54.6 Å². The van der Waals surface area contributed by atoms with Gasteiger partial charge in [-0.3, -0.25) is 9.69 Å². The molecule has 0 aromatic heterocycles. The summed E-state index contributed by atoms with van der Waals surface area (Å²) in [6.45, 7) is 4.37. The van der Waals surface area contributed by atoms with Crippen LogP contribution in [0.5, 0.6) is 0 Å². The van der Waals surface area contributed by atoms with Crippen molar-refractivity contribution >= 4 is 17.3 Å². The van der Waals surface area contributed by atoms with E-state index in [2.05, 4.69) is 9.80 Å². The number of anilines is 2. The Kier molecular flexibility index (Phi) is 4.89. The molecule has 4 nitrogen and oxygen atoms in total. The number of hydrogen-bond acceptors (Lipinski definition) is 3. The van der Waals surface area contributed by atoms with E-state index in [1.54, 1.807) is 0 Å². The number of hydrogen-bond donors (Lipinski definition) is 0. The topological polar surface area (TPSA) is 26.8 Å². The molecule has 1 unspecified atom stereocenters. The lowest BCUT2D eigenvalue weighted by Crippen LogP contribution is -2.43. The van der Waals surface area contributed by atoms with E-state index < -0.39 is 0 Å². The number of amides is 1. The third-order valence-corrected chi connectivity index (χ3v) is 5.41. The van der Waals surface area contributed by atoms with E-state index in [9.17, 15) is 9.18 Å². The molecule has 0 spiro atoms. The number of rotatable bonds is 3. The van der Waals surface area contributed by atoms with Crippen LogP contribution in [-0.2, 0) is 4.79 Å². The lowest BCUT2D eigenvalue weighted by molar-refractivity contribution is -0.121. The summed E-state index contributed by atoms with van der Waals surface area (Å²) in [4.78, 5) is 19.5. The second-order valence-electron chi connectivity index (χ2n) is 6.98. The molecule has 136 valence electrons. The van der Waals surface area contributed by atoms with Crippen LogP contribution in [0.4, 0.5) is 15.8 Å². The molecule has 2 fully saturated rings. The fraction of sp³-hybridized carbons (Fsp3) is 0.381. The van der Waals surface area contributed by atoms with Gasteiger partial charge in [0.15, 0.2) is 0 Å². The minimum Gasteiger partial charge on any atom is -0.370 e.